The van der Waals surface area contributed by atoms with Crippen LogP contribution in [0.25, 0.3) is 4.85 Å². The van der Waals surface area contributed by atoms with Gasteiger partial charge in [-0.25, -0.2) is 25.9 Å². The number of aliphatic carboxylic acids is 3. The van der Waals surface area contributed by atoms with E-state index in [1.807, 2.05) is 42.5 Å². The number of carboxylic acids is 3. The highest BCUT2D eigenvalue weighted by Crippen LogP contribution is 2.64. The highest BCUT2D eigenvalue weighted by Gasteiger charge is 2.60. The summed E-state index contributed by atoms with van der Waals surface area (Å²) < 4.78 is 24.4. The molecule has 690 valence electrons. The average molecular weight is 1750 g/mol. The lowest BCUT2D eigenvalue weighted by Gasteiger charge is -2.29. The van der Waals surface area contributed by atoms with Crippen LogP contribution in [0.3, 0.4) is 0 Å². The van der Waals surface area contributed by atoms with Crippen LogP contribution < -0.4 is 5.73 Å². The van der Waals surface area contributed by atoms with Crippen molar-refractivity contribution in [3.63, 3.8) is 0 Å². The van der Waals surface area contributed by atoms with Gasteiger partial charge in [-0.15, -0.1) is 0 Å². The van der Waals surface area contributed by atoms with Crippen molar-refractivity contribution < 1.29 is 86.9 Å². The molecule has 0 aliphatic heterocycles. The molecule has 0 radical (unpaired) electrons. The molecule has 3 aromatic carbocycles. The zero-order valence-corrected chi connectivity index (χ0v) is 76.2. The molecule has 0 aromatic heterocycles. The molecule has 127 heavy (non-hydrogen) atoms. The van der Waals surface area contributed by atoms with E-state index < -0.39 is 29.9 Å². The maximum absolute atomic E-state index is 12.4. The summed E-state index contributed by atoms with van der Waals surface area (Å²) in [7, 11) is 4.27. The van der Waals surface area contributed by atoms with Crippen LogP contribution in [0, 0.1) is 145 Å². The number of aliphatic imine (C=N–C) groups is 1. The van der Waals surface area contributed by atoms with Gasteiger partial charge in [-0.3, -0.25) is 33.6 Å². The summed E-state index contributed by atoms with van der Waals surface area (Å²) in [5.74, 6) is 9.40. The van der Waals surface area contributed by atoms with Crippen LogP contribution in [0.1, 0.15) is 275 Å². The molecule has 22 nitrogen and oxygen atoms in total. The fourth-order valence-electron chi connectivity index (χ4n) is 26.8. The number of methoxy groups -OCH3 is 3. The molecule has 0 saturated heterocycles. The molecule has 16 aliphatic rings. The lowest BCUT2D eigenvalue weighted by atomic mass is 9.73. The van der Waals surface area contributed by atoms with Crippen molar-refractivity contribution >= 4 is 59.6 Å². The zero-order valence-electron chi connectivity index (χ0n) is 76.2. The second kappa shape index (κ2) is 44.2. The number of benzene rings is 3. The first kappa shape index (κ1) is 97.2. The summed E-state index contributed by atoms with van der Waals surface area (Å²) >= 11 is 0. The van der Waals surface area contributed by atoms with Gasteiger partial charge < -0.3 is 49.6 Å². The number of nitriles is 1. The molecule has 19 rings (SSSR count). The Morgan fingerprint density at radius 1 is 0.433 bits per heavy atom. The predicted octanol–water partition coefficient (Wildman–Crippen LogP) is 19.3. The van der Waals surface area contributed by atoms with Crippen LogP contribution in [0.15, 0.2) is 107 Å². The highest BCUT2D eigenvalue weighted by molar-refractivity contribution is 5.93. The van der Waals surface area contributed by atoms with Crippen molar-refractivity contribution in [1.82, 2.24) is 0 Å². The van der Waals surface area contributed by atoms with E-state index in [0.717, 1.165) is 186 Å². The fourth-order valence-corrected chi connectivity index (χ4v) is 26.8. The first-order valence-corrected chi connectivity index (χ1v) is 48.1. The standard InChI is InChI=1S/C19H23NO2.C17H22O2.C16H20O2.C12H17NO3.C12H15NO2.C12H18O4.C10H17NO2.C7H10O/c1-3-22-18(21)17(20-2)19(11-14-7-5-4-6-8-14)12-15-9-10-16(15)13-19;1-19-16(18)12-17(9-13-5-3-2-4-6-13)10-14-7-8-15(14)11-17;17-15(18)11-16(8-12-4-2-1-3-5-12)9-13-6-7-14(13)10-16;1-16-11(15)6-12(7-13-8-14)4-9-2-3-10(9)5-12;1-2-15-12(14)11(7-13)10-5-8-3-4-9(8)6-10;1-16-11(15)7-12(6-10(13)14)4-8-2-3-9(8)5-12;11-6-10(5-9(12)13)3-7-1-2-8(7)4-10;8-7-3-5-1-2-6(5)4-7/h4-8,15-17H,3,9-13H2,1H3;2-6,14-15H,7-12H2,1H3;1-5,13-14H,6-11H2,(H,17,18);9-10H,2-7H2,1H3;8-9H,2-6H2,1H3;8-9H,2-7H2,1H3,(H,13,14);7-8H,1-6,11H2,(H,12,13);5-6H,1-4H2/t15-,16+,17?,19?;14-,15+,17?;13-,14+,16?;9-,10+,12?;8-,9+;8-,9+,12?;7-,8+,10?;5-,6+. The Bertz CT molecular complexity index is 4300. The van der Waals surface area contributed by atoms with E-state index in [2.05, 4.69) is 69.2 Å². The van der Waals surface area contributed by atoms with Crippen LogP contribution in [-0.2, 0) is 90.9 Å². The third-order valence-electron chi connectivity index (χ3n) is 34.0. The van der Waals surface area contributed by atoms with E-state index in [9.17, 15) is 53.1 Å². The molecule has 3 aromatic rings. The molecule has 0 heterocycles. The Morgan fingerprint density at radius 3 is 1.05 bits per heavy atom. The molecular formula is C105H142N4O18. The number of nitrogens with two attached hydrogens (primary N) is 1. The number of nitrogens with zero attached hydrogens (tertiary/aromatic N) is 3. The van der Waals surface area contributed by atoms with E-state index in [-0.39, 0.29) is 81.2 Å². The number of isocyanates is 1. The zero-order chi connectivity index (χ0) is 90.7. The van der Waals surface area contributed by atoms with Crippen LogP contribution in [0.5, 0.6) is 0 Å². The maximum atomic E-state index is 12.4. The molecule has 23 atom stereocenters. The van der Waals surface area contributed by atoms with Crippen LogP contribution in [-0.4, -0.2) is 129 Å². The Balaban J connectivity index is 0.000000133. The summed E-state index contributed by atoms with van der Waals surface area (Å²) in [5, 5.41) is 36.0. The first-order valence-electron chi connectivity index (χ1n) is 48.1. The minimum Gasteiger partial charge on any atom is -0.481 e. The minimum absolute atomic E-state index is 0.0268. The van der Waals surface area contributed by atoms with E-state index in [1.54, 1.807) is 19.9 Å². The predicted molar refractivity (Wildman–Crippen MR) is 479 cm³/mol. The van der Waals surface area contributed by atoms with Gasteiger partial charge in [0.2, 0.25) is 6.08 Å². The van der Waals surface area contributed by atoms with E-state index in [1.165, 1.54) is 154 Å². The van der Waals surface area contributed by atoms with E-state index in [4.69, 9.17) is 46.7 Å². The number of fused-ring (bicyclic) bond motifs is 8. The molecule has 0 amide bonds. The summed E-state index contributed by atoms with van der Waals surface area (Å²) in [5.41, 5.74) is 10.3. The van der Waals surface area contributed by atoms with Gasteiger partial charge in [0.25, 0.3) is 0 Å². The van der Waals surface area contributed by atoms with E-state index in [0.29, 0.717) is 75.0 Å². The molecule has 16 saturated carbocycles. The average Bonchev–Trinajstić information content (AvgIpc) is 1.60. The molecule has 22 heteroatoms. The normalized spacial score (nSPS) is 34.9. The number of Topliss-reactive ketones (excluding diaryl/α,β-unsaturated/α-hetero) is 1. The quantitative estimate of drug-likeness (QED) is 0.0110. The molecule has 0 bridgehead atoms. The number of hydrogen-bond donors (Lipinski definition) is 4. The lowest BCUT2D eigenvalue weighted by Crippen LogP contribution is -2.40. The summed E-state index contributed by atoms with van der Waals surface area (Å²) in [6.45, 7) is 12.8. The number of hydrogen-bond acceptors (Lipinski definition) is 18. The van der Waals surface area contributed by atoms with Gasteiger partial charge in [-0.05, 0) is 371 Å². The van der Waals surface area contributed by atoms with Crippen LogP contribution in [0.2, 0.25) is 0 Å². The molecule has 16 fully saturated rings. The fraction of sp³-hybridized carbons (Fsp3) is 0.695. The Kier molecular flexibility index (Phi) is 33.8. The number of carbonyl (C=O) groups excluding carboxylic acids is 7. The van der Waals surface area contributed by atoms with Crippen molar-refractivity contribution in [3.8, 4) is 6.07 Å². The topological polar surface area (TPSA) is 344 Å². The third-order valence-corrected chi connectivity index (χ3v) is 34.0. The number of allylic oxidation sites excluding steroid dienone is 1. The molecule has 5 N–H and O–H groups in total. The third kappa shape index (κ3) is 24.8. The highest BCUT2D eigenvalue weighted by atomic mass is 16.5. The van der Waals surface area contributed by atoms with Crippen molar-refractivity contribution in [2.75, 3.05) is 47.6 Å². The summed E-state index contributed by atoms with van der Waals surface area (Å²) in [4.78, 5) is 120. The second-order valence-electron chi connectivity index (χ2n) is 42.1. The van der Waals surface area contributed by atoms with Crippen molar-refractivity contribution in [2.24, 2.45) is 138 Å². The minimum atomic E-state index is -0.801. The Morgan fingerprint density at radius 2 is 0.732 bits per heavy atom. The number of rotatable bonds is 26. The molecule has 16 aliphatic carbocycles. The lowest BCUT2D eigenvalue weighted by molar-refractivity contribution is -0.147. The molecule has 7 unspecified atom stereocenters. The Hall–Kier alpha value is -8.85. The van der Waals surface area contributed by atoms with Gasteiger partial charge in [0.05, 0.1) is 85.0 Å². The number of carbonyl (C=O) groups is 9. The van der Waals surface area contributed by atoms with Crippen LogP contribution >= 0.6 is 0 Å². The van der Waals surface area contributed by atoms with Crippen molar-refractivity contribution in [3.05, 3.63) is 130 Å². The smallest absolute Gasteiger partial charge is 0.390 e. The molecular weight excluding hydrogens is 1610 g/mol. The summed E-state index contributed by atoms with van der Waals surface area (Å²) in [6.07, 6.45) is 43.2. The van der Waals surface area contributed by atoms with E-state index >= 15 is 0 Å². The van der Waals surface area contributed by atoms with Gasteiger partial charge in [-0.1, -0.05) is 91.0 Å². The van der Waals surface area contributed by atoms with Gasteiger partial charge in [0.1, 0.15) is 17.4 Å². The van der Waals surface area contributed by atoms with Crippen molar-refractivity contribution in [2.45, 2.75) is 283 Å². The van der Waals surface area contributed by atoms with Gasteiger partial charge >= 0.3 is 53.8 Å². The van der Waals surface area contributed by atoms with Gasteiger partial charge in [0.15, 0.2) is 0 Å². The SMILES string of the molecule is CCOC(=O)C(C#N)=C1C[C@H]2CC[C@H]2C1.COC(=O)CC1(CC(=O)O)C[C@H]2CC[C@H]2C1.COC(=O)CC1(CN=C=O)C[C@H]2CC[C@H]2C1.COC(=O)CC1(Cc2ccccc2)C[C@H]2CC[C@H]2C1.NCC1(CC(=O)O)C[C@H]2CC[C@H]2C1.O=C(O)CC1(Cc2ccccc2)C[C@H]2CC[C@H]2C1.O=C1C[C@H]2CC[C@H]2C1.[C-]#[N+]C(C(=O)OCC)C1(Cc2ccccc2)C[C@H]2CC[C@H]2C1. The maximum Gasteiger partial charge on any atom is 0.390 e. The van der Waals surface area contributed by atoms with Gasteiger partial charge in [0, 0.05) is 18.3 Å². The summed E-state index contributed by atoms with van der Waals surface area (Å²) in [6, 6.07) is 32.6. The second-order valence-corrected chi connectivity index (χ2v) is 42.1. The number of ketones is 1. The number of carboxylic acid groups (broad SMARTS) is 3. The largest absolute Gasteiger partial charge is 0.481 e. The van der Waals surface area contributed by atoms with Crippen molar-refractivity contribution in [1.29, 1.82) is 5.26 Å². The number of esters is 5. The molecule has 0 spiro atoms. The monoisotopic (exact) mass is 1750 g/mol. The first-order chi connectivity index (χ1) is 61.1. The Labute approximate surface area is 752 Å². The van der Waals surface area contributed by atoms with Crippen LogP contribution in [0.4, 0.5) is 0 Å². The number of ether oxygens (including phenoxy) is 5. The van der Waals surface area contributed by atoms with Gasteiger partial charge in [-0.2, -0.15) is 5.26 Å².